The van der Waals surface area contributed by atoms with E-state index in [9.17, 15) is 19.7 Å². The number of nitro benzene ring substituents is 1. The lowest BCUT2D eigenvalue weighted by atomic mass is 10.3. The molecule has 0 radical (unpaired) electrons. The van der Waals surface area contributed by atoms with Gasteiger partial charge in [0.05, 0.1) is 12.0 Å². The number of nitrogens with zero attached hydrogens (tertiary/aromatic N) is 1. The molecule has 0 saturated heterocycles. The van der Waals surface area contributed by atoms with Gasteiger partial charge in [-0.1, -0.05) is 0 Å². The summed E-state index contributed by atoms with van der Waals surface area (Å²) in [5.41, 5.74) is 0.408. The van der Waals surface area contributed by atoms with Gasteiger partial charge in [-0.15, -0.1) is 0 Å². The first kappa shape index (κ1) is 16.7. The van der Waals surface area contributed by atoms with Gasteiger partial charge in [0.1, 0.15) is 11.5 Å². The van der Waals surface area contributed by atoms with E-state index in [2.05, 4.69) is 10.1 Å². The van der Waals surface area contributed by atoms with Gasteiger partial charge in [-0.2, -0.15) is 0 Å². The molecule has 0 heterocycles. The summed E-state index contributed by atoms with van der Waals surface area (Å²) in [6.45, 7) is 0. The fraction of sp³-hybridized carbons (Fsp3) is 0.0667. The topological polar surface area (TPSA) is 120 Å². The summed E-state index contributed by atoms with van der Waals surface area (Å²) in [6.07, 6.45) is -0.870. The predicted molar refractivity (Wildman–Crippen MR) is 84.2 cm³/mol. The maximum Gasteiger partial charge on any atom is 0.415 e. The largest absolute Gasteiger partial charge is 0.457 e. The van der Waals surface area contributed by atoms with Crippen LogP contribution in [0.3, 0.4) is 0 Å². The minimum Gasteiger partial charge on any atom is -0.457 e. The van der Waals surface area contributed by atoms with Crippen molar-refractivity contribution in [2.45, 2.75) is 0 Å². The number of non-ortho nitro benzene ring substituents is 1. The van der Waals surface area contributed by atoms with Crippen molar-refractivity contribution in [2.24, 2.45) is 0 Å². The van der Waals surface area contributed by atoms with Gasteiger partial charge in [-0.05, 0) is 36.4 Å². The number of ether oxygens (including phenoxy) is 2. The maximum absolute atomic E-state index is 11.4. The molecule has 3 amide bonds. The summed E-state index contributed by atoms with van der Waals surface area (Å²) in [5, 5.41) is 15.0. The van der Waals surface area contributed by atoms with Crippen molar-refractivity contribution in [3.63, 3.8) is 0 Å². The van der Waals surface area contributed by atoms with Crippen LogP contribution in [0.4, 0.5) is 21.0 Å². The Morgan fingerprint density at radius 1 is 1.00 bits per heavy atom. The smallest absolute Gasteiger partial charge is 0.415 e. The van der Waals surface area contributed by atoms with E-state index in [1.165, 1.54) is 24.3 Å². The number of hydrogen-bond acceptors (Lipinski definition) is 6. The molecular formula is C15H13N3O6. The second kappa shape index (κ2) is 7.58. The van der Waals surface area contributed by atoms with Crippen LogP contribution in [0.5, 0.6) is 11.5 Å². The number of amides is 3. The van der Waals surface area contributed by atoms with Crippen molar-refractivity contribution >= 4 is 23.5 Å². The number of imide groups is 1. The highest BCUT2D eigenvalue weighted by Crippen LogP contribution is 2.24. The van der Waals surface area contributed by atoms with E-state index in [0.717, 1.165) is 7.11 Å². The molecule has 0 atom stereocenters. The van der Waals surface area contributed by atoms with Crippen molar-refractivity contribution < 1.29 is 24.0 Å². The number of nitro groups is 1. The Labute approximate surface area is 136 Å². The van der Waals surface area contributed by atoms with Crippen molar-refractivity contribution in [3.05, 3.63) is 58.6 Å². The van der Waals surface area contributed by atoms with E-state index in [1.54, 1.807) is 24.3 Å². The van der Waals surface area contributed by atoms with Crippen molar-refractivity contribution in [1.29, 1.82) is 0 Å². The number of alkyl carbamates (subject to hydrolysis) is 1. The number of methoxy groups -OCH3 is 1. The highest BCUT2D eigenvalue weighted by atomic mass is 16.6. The van der Waals surface area contributed by atoms with Gasteiger partial charge in [0.25, 0.3) is 5.69 Å². The molecule has 2 aromatic rings. The molecule has 0 unspecified atom stereocenters. The van der Waals surface area contributed by atoms with Gasteiger partial charge in [-0.25, -0.2) is 14.9 Å². The molecule has 0 fully saturated rings. The van der Waals surface area contributed by atoms with Gasteiger partial charge >= 0.3 is 12.1 Å². The Hall–Kier alpha value is -3.62. The second-order valence-corrected chi connectivity index (χ2v) is 4.45. The first-order valence-electron chi connectivity index (χ1n) is 6.66. The monoisotopic (exact) mass is 331 g/mol. The van der Waals surface area contributed by atoms with Gasteiger partial charge in [0, 0.05) is 17.8 Å². The zero-order valence-corrected chi connectivity index (χ0v) is 12.5. The van der Waals surface area contributed by atoms with E-state index >= 15 is 0 Å². The Balaban J connectivity index is 1.95. The molecule has 2 aromatic carbocycles. The lowest BCUT2D eigenvalue weighted by Crippen LogP contribution is -2.34. The summed E-state index contributed by atoms with van der Waals surface area (Å²) in [6, 6.07) is 11.2. The van der Waals surface area contributed by atoms with Crippen molar-refractivity contribution in [2.75, 3.05) is 12.4 Å². The third-order valence-corrected chi connectivity index (χ3v) is 2.80. The van der Waals surface area contributed by atoms with Crippen LogP contribution in [0, 0.1) is 10.1 Å². The van der Waals surface area contributed by atoms with Gasteiger partial charge in [0.15, 0.2) is 0 Å². The number of rotatable bonds is 4. The summed E-state index contributed by atoms with van der Waals surface area (Å²) in [4.78, 5) is 32.4. The summed E-state index contributed by atoms with van der Waals surface area (Å²) in [5.74, 6) is 0.910. The van der Waals surface area contributed by atoms with Crippen LogP contribution in [-0.4, -0.2) is 24.2 Å². The first-order valence-corrected chi connectivity index (χ1v) is 6.66. The average molecular weight is 331 g/mol. The Kier molecular flexibility index (Phi) is 5.29. The number of carbonyl (C=O) groups is 2. The summed E-state index contributed by atoms with van der Waals surface area (Å²) >= 11 is 0. The van der Waals surface area contributed by atoms with Crippen molar-refractivity contribution in [1.82, 2.24) is 5.32 Å². The standard InChI is InChI=1S/C15H13N3O6/c1-23-15(20)17-14(19)16-10-2-6-12(7-3-10)24-13-8-4-11(5-9-13)18(21)22/h2-9H,1H3,(H2,16,17,19,20). The predicted octanol–water partition coefficient (Wildman–Crippen LogP) is 3.28. The molecule has 0 bridgehead atoms. The molecule has 124 valence electrons. The molecule has 2 N–H and O–H groups in total. The SMILES string of the molecule is COC(=O)NC(=O)Nc1ccc(Oc2ccc([N+](=O)[O-])cc2)cc1. The molecule has 24 heavy (non-hydrogen) atoms. The fourth-order valence-electron chi connectivity index (χ4n) is 1.68. The molecule has 0 aliphatic heterocycles. The quantitative estimate of drug-likeness (QED) is 0.655. The zero-order chi connectivity index (χ0) is 17.5. The minimum absolute atomic E-state index is 0.0292. The number of carbonyl (C=O) groups excluding carboxylic acids is 2. The number of nitrogens with one attached hydrogen (secondary N) is 2. The lowest BCUT2D eigenvalue weighted by Gasteiger charge is -2.08. The van der Waals surface area contributed by atoms with Gasteiger partial charge in [0.2, 0.25) is 0 Å². The van der Waals surface area contributed by atoms with E-state index in [4.69, 9.17) is 4.74 Å². The molecule has 0 saturated carbocycles. The zero-order valence-electron chi connectivity index (χ0n) is 12.5. The van der Waals surface area contributed by atoms with E-state index in [-0.39, 0.29) is 5.69 Å². The fourth-order valence-corrected chi connectivity index (χ4v) is 1.68. The number of anilines is 1. The molecule has 9 heteroatoms. The Morgan fingerprint density at radius 3 is 2.04 bits per heavy atom. The van der Waals surface area contributed by atoms with Crippen LogP contribution < -0.4 is 15.4 Å². The van der Waals surface area contributed by atoms with Gasteiger partial charge in [-0.3, -0.25) is 10.1 Å². The number of hydrogen-bond donors (Lipinski definition) is 2. The van der Waals surface area contributed by atoms with E-state index < -0.39 is 17.0 Å². The van der Waals surface area contributed by atoms with Crippen molar-refractivity contribution in [3.8, 4) is 11.5 Å². The van der Waals surface area contributed by atoms with Crippen LogP contribution in [0.2, 0.25) is 0 Å². The van der Waals surface area contributed by atoms with E-state index in [0.29, 0.717) is 17.2 Å². The van der Waals surface area contributed by atoms with Gasteiger partial charge < -0.3 is 14.8 Å². The van der Waals surface area contributed by atoms with Crippen LogP contribution in [0.1, 0.15) is 0 Å². The lowest BCUT2D eigenvalue weighted by molar-refractivity contribution is -0.384. The molecule has 9 nitrogen and oxygen atoms in total. The summed E-state index contributed by atoms with van der Waals surface area (Å²) < 4.78 is 9.82. The molecule has 0 spiro atoms. The molecule has 0 aliphatic rings. The Morgan fingerprint density at radius 2 is 1.54 bits per heavy atom. The average Bonchev–Trinajstić information content (AvgIpc) is 2.57. The first-order chi connectivity index (χ1) is 11.5. The van der Waals surface area contributed by atoms with Crippen LogP contribution in [0.25, 0.3) is 0 Å². The second-order valence-electron chi connectivity index (χ2n) is 4.45. The maximum atomic E-state index is 11.4. The third kappa shape index (κ3) is 4.70. The molecular weight excluding hydrogens is 318 g/mol. The molecule has 2 rings (SSSR count). The third-order valence-electron chi connectivity index (χ3n) is 2.80. The van der Waals surface area contributed by atoms with E-state index in [1.807, 2.05) is 5.32 Å². The number of benzene rings is 2. The highest BCUT2D eigenvalue weighted by Gasteiger charge is 2.08. The summed E-state index contributed by atoms with van der Waals surface area (Å²) in [7, 11) is 1.15. The Bertz CT molecular complexity index is 743. The minimum atomic E-state index is -0.870. The van der Waals surface area contributed by atoms with Crippen LogP contribution in [0.15, 0.2) is 48.5 Å². The van der Waals surface area contributed by atoms with Crippen LogP contribution in [-0.2, 0) is 4.74 Å². The normalized spacial score (nSPS) is 9.71. The molecule has 0 aliphatic carbocycles. The molecule has 0 aromatic heterocycles. The highest BCUT2D eigenvalue weighted by molar-refractivity contribution is 5.98. The number of urea groups is 1. The van der Waals surface area contributed by atoms with Crippen LogP contribution >= 0.6 is 0 Å².